The lowest BCUT2D eigenvalue weighted by atomic mass is 9.99. The van der Waals surface area contributed by atoms with Crippen LogP contribution in [0.25, 0.3) is 0 Å². The molecule has 6 nitrogen and oxygen atoms in total. The van der Waals surface area contributed by atoms with Gasteiger partial charge in [0.15, 0.2) is 0 Å². The zero-order valence-corrected chi connectivity index (χ0v) is 18.2. The fourth-order valence-corrected chi connectivity index (χ4v) is 4.20. The van der Waals surface area contributed by atoms with E-state index < -0.39 is 12.1 Å². The number of hydrogen-bond acceptors (Lipinski definition) is 4. The molecule has 1 amide bonds. The summed E-state index contributed by atoms with van der Waals surface area (Å²) in [7, 11) is 1.70. The van der Waals surface area contributed by atoms with Crippen molar-refractivity contribution < 1.29 is 24.5 Å². The van der Waals surface area contributed by atoms with E-state index in [9.17, 15) is 14.7 Å². The van der Waals surface area contributed by atoms with Crippen molar-refractivity contribution in [2.24, 2.45) is 0 Å². The summed E-state index contributed by atoms with van der Waals surface area (Å²) in [4.78, 5) is 24.8. The summed E-state index contributed by atoms with van der Waals surface area (Å²) in [6, 6.07) is 8.52. The Morgan fingerprint density at radius 1 is 1.23 bits per heavy atom. The van der Waals surface area contributed by atoms with E-state index in [-0.39, 0.29) is 18.4 Å². The van der Waals surface area contributed by atoms with Crippen LogP contribution < -0.4 is 0 Å². The molecule has 1 aliphatic heterocycles. The van der Waals surface area contributed by atoms with Crippen LogP contribution in [0.4, 0.5) is 0 Å². The Morgan fingerprint density at radius 2 is 2.00 bits per heavy atom. The number of aliphatic carboxylic acids is 1. The Kier molecular flexibility index (Phi) is 10.9. The average molecular weight is 420 g/mol. The number of carboxylic acid groups (broad SMARTS) is 1. The lowest BCUT2D eigenvalue weighted by Crippen LogP contribution is -2.34. The fourth-order valence-electron chi connectivity index (χ4n) is 4.20. The predicted octanol–water partition coefficient (Wildman–Crippen LogP) is 3.59. The SMILES string of the molecule is COCCc1cccc(C[C@@H](O)CC[C@H]2CCC(=O)N2CCCCCCC(=O)O)c1. The summed E-state index contributed by atoms with van der Waals surface area (Å²) < 4.78 is 5.13. The van der Waals surface area contributed by atoms with Gasteiger partial charge in [0.25, 0.3) is 0 Å². The van der Waals surface area contributed by atoms with E-state index >= 15 is 0 Å². The van der Waals surface area contributed by atoms with Crippen molar-refractivity contribution in [3.63, 3.8) is 0 Å². The number of nitrogens with zero attached hydrogens (tertiary/aromatic N) is 1. The van der Waals surface area contributed by atoms with Crippen molar-refractivity contribution in [1.29, 1.82) is 0 Å². The molecule has 1 aliphatic rings. The standard InChI is InChI=1S/C24H37NO5/c1-30-16-14-19-7-6-8-20(17-19)18-22(26)12-10-21-11-13-23(27)25(21)15-5-3-2-4-9-24(28)29/h6-8,17,21-22,26H,2-5,9-16,18H2,1H3,(H,28,29)/t21-,22-/m0/s1. The van der Waals surface area contributed by atoms with Gasteiger partial charge >= 0.3 is 5.97 Å². The van der Waals surface area contributed by atoms with Crippen LogP contribution in [-0.4, -0.2) is 59.4 Å². The Labute approximate surface area is 180 Å². The second-order valence-corrected chi connectivity index (χ2v) is 8.34. The Hall–Kier alpha value is -1.92. The first-order valence-corrected chi connectivity index (χ1v) is 11.3. The summed E-state index contributed by atoms with van der Waals surface area (Å²) >= 11 is 0. The third kappa shape index (κ3) is 8.84. The normalized spacial score (nSPS) is 17.5. The molecule has 1 aromatic carbocycles. The summed E-state index contributed by atoms with van der Waals surface area (Å²) in [5.74, 6) is -0.532. The maximum Gasteiger partial charge on any atom is 0.303 e. The van der Waals surface area contributed by atoms with Crippen molar-refractivity contribution in [3.8, 4) is 0 Å². The van der Waals surface area contributed by atoms with E-state index in [2.05, 4.69) is 18.2 Å². The predicted molar refractivity (Wildman–Crippen MR) is 116 cm³/mol. The number of amides is 1. The first-order chi connectivity index (χ1) is 14.5. The van der Waals surface area contributed by atoms with Crippen LogP contribution in [0.5, 0.6) is 0 Å². The molecule has 168 valence electrons. The first kappa shape index (κ1) is 24.4. The number of carboxylic acids is 1. The molecule has 0 aromatic heterocycles. The number of rotatable bonds is 15. The maximum absolute atomic E-state index is 12.2. The van der Waals surface area contributed by atoms with E-state index in [1.54, 1.807) is 7.11 Å². The molecule has 0 radical (unpaired) electrons. The quantitative estimate of drug-likeness (QED) is 0.424. The van der Waals surface area contributed by atoms with Gasteiger partial charge in [0.1, 0.15) is 0 Å². The number of benzene rings is 1. The number of likely N-dealkylation sites (tertiary alicyclic amines) is 1. The zero-order valence-electron chi connectivity index (χ0n) is 18.2. The van der Waals surface area contributed by atoms with Gasteiger partial charge in [0.05, 0.1) is 12.7 Å². The van der Waals surface area contributed by atoms with Gasteiger partial charge in [-0.1, -0.05) is 37.1 Å². The summed E-state index contributed by atoms with van der Waals surface area (Å²) in [6.07, 6.45) is 7.76. The van der Waals surface area contributed by atoms with E-state index in [0.717, 1.165) is 50.6 Å². The Bertz CT molecular complexity index is 663. The van der Waals surface area contributed by atoms with Gasteiger partial charge in [0.2, 0.25) is 5.91 Å². The largest absolute Gasteiger partial charge is 0.481 e. The molecule has 2 N–H and O–H groups in total. The minimum Gasteiger partial charge on any atom is -0.481 e. The molecular weight excluding hydrogens is 382 g/mol. The number of ether oxygens (including phenoxy) is 1. The topological polar surface area (TPSA) is 87.1 Å². The van der Waals surface area contributed by atoms with Gasteiger partial charge in [-0.15, -0.1) is 0 Å². The lowest BCUT2D eigenvalue weighted by Gasteiger charge is -2.26. The van der Waals surface area contributed by atoms with Crippen LogP contribution in [0.1, 0.15) is 68.9 Å². The van der Waals surface area contributed by atoms with Crippen molar-refractivity contribution >= 4 is 11.9 Å². The highest BCUT2D eigenvalue weighted by Gasteiger charge is 2.30. The van der Waals surface area contributed by atoms with Crippen LogP contribution in [0.15, 0.2) is 24.3 Å². The summed E-state index contributed by atoms with van der Waals surface area (Å²) in [5.41, 5.74) is 2.36. The molecule has 30 heavy (non-hydrogen) atoms. The van der Waals surface area contributed by atoms with E-state index in [0.29, 0.717) is 32.3 Å². The van der Waals surface area contributed by atoms with Gasteiger partial charge in [-0.05, 0) is 56.1 Å². The third-order valence-electron chi connectivity index (χ3n) is 5.88. The number of aliphatic hydroxyl groups excluding tert-OH is 1. The van der Waals surface area contributed by atoms with E-state index in [1.807, 2.05) is 11.0 Å². The molecule has 0 bridgehead atoms. The monoisotopic (exact) mass is 419 g/mol. The lowest BCUT2D eigenvalue weighted by molar-refractivity contribution is -0.137. The smallest absolute Gasteiger partial charge is 0.303 e. The zero-order chi connectivity index (χ0) is 21.8. The van der Waals surface area contributed by atoms with Crippen LogP contribution in [0.2, 0.25) is 0 Å². The molecule has 0 aliphatic carbocycles. The maximum atomic E-state index is 12.2. The summed E-state index contributed by atoms with van der Waals surface area (Å²) in [6.45, 7) is 1.44. The number of unbranched alkanes of at least 4 members (excludes halogenated alkanes) is 3. The van der Waals surface area contributed by atoms with Gasteiger partial charge in [-0.3, -0.25) is 9.59 Å². The molecule has 1 fully saturated rings. The van der Waals surface area contributed by atoms with Crippen molar-refractivity contribution in [3.05, 3.63) is 35.4 Å². The number of hydrogen-bond donors (Lipinski definition) is 2. The highest BCUT2D eigenvalue weighted by molar-refractivity contribution is 5.78. The molecule has 6 heteroatoms. The molecule has 0 spiro atoms. The number of carbonyl (C=O) groups is 2. The minimum atomic E-state index is -0.745. The molecule has 1 aromatic rings. The van der Waals surface area contributed by atoms with Crippen LogP contribution in [0, 0.1) is 0 Å². The molecule has 0 unspecified atom stereocenters. The highest BCUT2D eigenvalue weighted by atomic mass is 16.5. The molecule has 1 saturated heterocycles. The third-order valence-corrected chi connectivity index (χ3v) is 5.88. The van der Waals surface area contributed by atoms with E-state index in [4.69, 9.17) is 9.84 Å². The fraction of sp³-hybridized carbons (Fsp3) is 0.667. The van der Waals surface area contributed by atoms with Gasteiger partial charge in [-0.2, -0.15) is 0 Å². The molecule has 2 atom stereocenters. The van der Waals surface area contributed by atoms with Crippen LogP contribution in [-0.2, 0) is 27.2 Å². The second-order valence-electron chi connectivity index (χ2n) is 8.34. The van der Waals surface area contributed by atoms with Crippen molar-refractivity contribution in [2.45, 2.75) is 82.8 Å². The molecule has 2 rings (SSSR count). The van der Waals surface area contributed by atoms with Crippen molar-refractivity contribution in [1.82, 2.24) is 4.90 Å². The van der Waals surface area contributed by atoms with Crippen LogP contribution in [0.3, 0.4) is 0 Å². The first-order valence-electron chi connectivity index (χ1n) is 11.3. The second kappa shape index (κ2) is 13.4. The van der Waals surface area contributed by atoms with Crippen molar-refractivity contribution in [2.75, 3.05) is 20.3 Å². The Morgan fingerprint density at radius 3 is 2.77 bits per heavy atom. The minimum absolute atomic E-state index is 0.214. The number of methoxy groups -OCH3 is 1. The van der Waals surface area contributed by atoms with E-state index in [1.165, 1.54) is 5.56 Å². The number of aliphatic hydroxyl groups is 1. The van der Waals surface area contributed by atoms with Gasteiger partial charge < -0.3 is 19.8 Å². The molecular formula is C24H37NO5. The van der Waals surface area contributed by atoms with Crippen LogP contribution >= 0.6 is 0 Å². The van der Waals surface area contributed by atoms with Gasteiger partial charge in [0, 0.05) is 32.5 Å². The van der Waals surface area contributed by atoms with Gasteiger partial charge in [-0.25, -0.2) is 0 Å². The number of carbonyl (C=O) groups excluding carboxylic acids is 1. The summed E-state index contributed by atoms with van der Waals surface area (Å²) in [5, 5.41) is 19.2. The highest BCUT2D eigenvalue weighted by Crippen LogP contribution is 2.24. The molecule has 1 heterocycles. The molecule has 0 saturated carbocycles. The Balaban J connectivity index is 1.71. The average Bonchev–Trinajstić information content (AvgIpc) is 3.07.